The van der Waals surface area contributed by atoms with Crippen molar-refractivity contribution in [2.24, 2.45) is 17.2 Å². The lowest BCUT2D eigenvalue weighted by atomic mass is 10.1. The minimum absolute atomic E-state index is 0.500. The van der Waals surface area contributed by atoms with Crippen molar-refractivity contribution in [1.82, 2.24) is 9.80 Å². The standard InChI is InChI=1S/C20H47N5/c1-3-5-6-7-8-9-16-24(17-10-13-21)20(4-2)25(18-11-14-22)19-12-15-23/h20H,3-19,21-23H2,1-2H3. The van der Waals surface area contributed by atoms with Gasteiger partial charge < -0.3 is 17.2 Å². The van der Waals surface area contributed by atoms with Crippen molar-refractivity contribution in [1.29, 1.82) is 0 Å². The molecule has 0 aliphatic carbocycles. The SMILES string of the molecule is CCCCCCCCN(CCCN)C(CC)N(CCCN)CCCN. The highest BCUT2D eigenvalue weighted by molar-refractivity contribution is 4.74. The van der Waals surface area contributed by atoms with Crippen LogP contribution in [-0.2, 0) is 0 Å². The molecule has 0 radical (unpaired) electrons. The highest BCUT2D eigenvalue weighted by atomic mass is 15.3. The van der Waals surface area contributed by atoms with E-state index in [1.54, 1.807) is 0 Å². The zero-order valence-corrected chi connectivity index (χ0v) is 17.2. The van der Waals surface area contributed by atoms with E-state index in [9.17, 15) is 0 Å². The van der Waals surface area contributed by atoms with Crippen LogP contribution >= 0.6 is 0 Å². The van der Waals surface area contributed by atoms with E-state index in [0.717, 1.165) is 65.0 Å². The molecule has 0 aromatic heterocycles. The van der Waals surface area contributed by atoms with Crippen LogP contribution in [0.2, 0.25) is 0 Å². The van der Waals surface area contributed by atoms with Gasteiger partial charge >= 0.3 is 0 Å². The lowest BCUT2D eigenvalue weighted by Gasteiger charge is -2.40. The highest BCUT2D eigenvalue weighted by Gasteiger charge is 2.22. The fourth-order valence-electron chi connectivity index (χ4n) is 3.55. The summed E-state index contributed by atoms with van der Waals surface area (Å²) in [7, 11) is 0. The highest BCUT2D eigenvalue weighted by Crippen LogP contribution is 2.15. The summed E-state index contributed by atoms with van der Waals surface area (Å²) < 4.78 is 0. The number of hydrogen-bond acceptors (Lipinski definition) is 5. The molecule has 0 rings (SSSR count). The van der Waals surface area contributed by atoms with Crippen molar-refractivity contribution in [2.75, 3.05) is 45.8 Å². The van der Waals surface area contributed by atoms with Gasteiger partial charge in [0.1, 0.15) is 0 Å². The van der Waals surface area contributed by atoms with Crippen molar-refractivity contribution >= 4 is 0 Å². The molecule has 5 nitrogen and oxygen atoms in total. The molecule has 0 heterocycles. The summed E-state index contributed by atoms with van der Waals surface area (Å²) in [6.45, 7) is 11.3. The van der Waals surface area contributed by atoms with E-state index in [1.165, 1.54) is 45.1 Å². The minimum atomic E-state index is 0.500. The Kier molecular flexibility index (Phi) is 18.4. The molecule has 5 heteroatoms. The van der Waals surface area contributed by atoms with Crippen molar-refractivity contribution in [3.8, 4) is 0 Å². The Morgan fingerprint density at radius 3 is 1.36 bits per heavy atom. The second-order valence-corrected chi connectivity index (χ2v) is 7.16. The maximum absolute atomic E-state index is 5.79. The lowest BCUT2D eigenvalue weighted by Crippen LogP contribution is -2.50. The van der Waals surface area contributed by atoms with Crippen molar-refractivity contribution in [3.63, 3.8) is 0 Å². The fraction of sp³-hybridized carbons (Fsp3) is 1.00. The number of rotatable bonds is 19. The molecule has 0 saturated carbocycles. The first-order valence-corrected chi connectivity index (χ1v) is 10.8. The molecule has 0 aliphatic heterocycles. The van der Waals surface area contributed by atoms with E-state index in [1.807, 2.05) is 0 Å². The van der Waals surface area contributed by atoms with Gasteiger partial charge in [-0.25, -0.2) is 0 Å². The fourth-order valence-corrected chi connectivity index (χ4v) is 3.55. The van der Waals surface area contributed by atoms with E-state index in [4.69, 9.17) is 17.2 Å². The van der Waals surface area contributed by atoms with E-state index >= 15 is 0 Å². The summed E-state index contributed by atoms with van der Waals surface area (Å²) in [5, 5.41) is 0. The summed E-state index contributed by atoms with van der Waals surface area (Å²) in [5.41, 5.74) is 17.3. The van der Waals surface area contributed by atoms with Gasteiger partial charge in [-0.2, -0.15) is 0 Å². The van der Waals surface area contributed by atoms with Gasteiger partial charge in [-0.05, 0) is 58.3 Å². The molecule has 0 bridgehead atoms. The zero-order chi connectivity index (χ0) is 18.8. The van der Waals surface area contributed by atoms with E-state index in [0.29, 0.717) is 6.17 Å². The first-order valence-electron chi connectivity index (χ1n) is 10.8. The second-order valence-electron chi connectivity index (χ2n) is 7.16. The van der Waals surface area contributed by atoms with Gasteiger partial charge in [0.15, 0.2) is 0 Å². The summed E-state index contributed by atoms with van der Waals surface area (Å²) in [5.74, 6) is 0. The van der Waals surface area contributed by atoms with Gasteiger partial charge in [0.05, 0.1) is 6.17 Å². The summed E-state index contributed by atoms with van der Waals surface area (Å²) in [6.07, 6.45) is 12.9. The summed E-state index contributed by atoms with van der Waals surface area (Å²) in [6, 6.07) is 0. The van der Waals surface area contributed by atoms with Gasteiger partial charge in [-0.1, -0.05) is 46.0 Å². The van der Waals surface area contributed by atoms with E-state index < -0.39 is 0 Å². The van der Waals surface area contributed by atoms with Crippen LogP contribution < -0.4 is 17.2 Å². The summed E-state index contributed by atoms with van der Waals surface area (Å²) >= 11 is 0. The Balaban J connectivity index is 4.62. The molecule has 0 aromatic carbocycles. The van der Waals surface area contributed by atoms with E-state index in [-0.39, 0.29) is 0 Å². The topological polar surface area (TPSA) is 84.5 Å². The number of nitrogens with zero attached hydrogens (tertiary/aromatic N) is 2. The average molecular weight is 358 g/mol. The van der Waals surface area contributed by atoms with E-state index in [2.05, 4.69) is 23.6 Å². The lowest BCUT2D eigenvalue weighted by molar-refractivity contribution is 0.0356. The van der Waals surface area contributed by atoms with Crippen LogP contribution in [-0.4, -0.2) is 61.8 Å². The number of hydrogen-bond donors (Lipinski definition) is 3. The minimum Gasteiger partial charge on any atom is -0.330 e. The first kappa shape index (κ1) is 24.8. The van der Waals surface area contributed by atoms with Crippen molar-refractivity contribution in [3.05, 3.63) is 0 Å². The molecular weight excluding hydrogens is 310 g/mol. The molecule has 0 amide bonds. The third-order valence-corrected chi connectivity index (χ3v) is 4.96. The maximum atomic E-state index is 5.79. The van der Waals surface area contributed by atoms with Crippen LogP contribution in [0.25, 0.3) is 0 Å². The van der Waals surface area contributed by atoms with Crippen LogP contribution in [0.15, 0.2) is 0 Å². The third-order valence-electron chi connectivity index (χ3n) is 4.96. The monoisotopic (exact) mass is 357 g/mol. The van der Waals surface area contributed by atoms with Gasteiger partial charge in [0, 0.05) is 19.6 Å². The van der Waals surface area contributed by atoms with Gasteiger partial charge in [-0.15, -0.1) is 0 Å². The van der Waals surface area contributed by atoms with Gasteiger partial charge in [0.25, 0.3) is 0 Å². The van der Waals surface area contributed by atoms with Crippen LogP contribution in [0.3, 0.4) is 0 Å². The Morgan fingerprint density at radius 1 is 0.560 bits per heavy atom. The predicted molar refractivity (Wildman–Crippen MR) is 112 cm³/mol. The zero-order valence-electron chi connectivity index (χ0n) is 17.2. The largest absolute Gasteiger partial charge is 0.330 e. The van der Waals surface area contributed by atoms with Crippen LogP contribution in [0.4, 0.5) is 0 Å². The van der Waals surface area contributed by atoms with Gasteiger partial charge in [-0.3, -0.25) is 9.80 Å². The Labute approximate surface area is 157 Å². The normalized spacial score (nSPS) is 13.1. The third kappa shape index (κ3) is 12.7. The molecule has 1 atom stereocenters. The van der Waals surface area contributed by atoms with Crippen molar-refractivity contribution in [2.45, 2.75) is 84.2 Å². The number of unbranched alkanes of at least 4 members (excludes halogenated alkanes) is 5. The maximum Gasteiger partial charge on any atom is 0.0619 e. The Hall–Kier alpha value is -0.200. The van der Waals surface area contributed by atoms with Crippen LogP contribution in [0, 0.1) is 0 Å². The molecule has 0 fully saturated rings. The van der Waals surface area contributed by atoms with Gasteiger partial charge in [0.2, 0.25) is 0 Å². The molecule has 0 spiro atoms. The molecule has 0 saturated heterocycles. The number of nitrogens with two attached hydrogens (primary N) is 3. The average Bonchev–Trinajstić information content (AvgIpc) is 2.63. The first-order chi connectivity index (χ1) is 12.2. The van der Waals surface area contributed by atoms with Crippen molar-refractivity contribution < 1.29 is 0 Å². The molecule has 152 valence electrons. The molecule has 0 aromatic rings. The predicted octanol–water partition coefficient (Wildman–Crippen LogP) is 2.73. The summed E-state index contributed by atoms with van der Waals surface area (Å²) in [4.78, 5) is 5.27. The Bertz CT molecular complexity index is 254. The molecule has 0 aliphatic rings. The molecule has 6 N–H and O–H groups in total. The second kappa shape index (κ2) is 18.6. The Morgan fingerprint density at radius 2 is 0.960 bits per heavy atom. The molecule has 25 heavy (non-hydrogen) atoms. The smallest absolute Gasteiger partial charge is 0.0619 e. The molecule has 1 unspecified atom stereocenters. The van der Waals surface area contributed by atoms with Crippen LogP contribution in [0.5, 0.6) is 0 Å². The van der Waals surface area contributed by atoms with Crippen LogP contribution in [0.1, 0.15) is 78.1 Å². The quantitative estimate of drug-likeness (QED) is 0.244. The molecular formula is C20H47N5.